The van der Waals surface area contributed by atoms with E-state index in [0.29, 0.717) is 12.5 Å². The van der Waals surface area contributed by atoms with Gasteiger partial charge in [0.25, 0.3) is 0 Å². The summed E-state index contributed by atoms with van der Waals surface area (Å²) in [6, 6.07) is 0.437. The number of nitrogens with two attached hydrogens (primary N) is 1. The van der Waals surface area contributed by atoms with Gasteiger partial charge in [0.05, 0.1) is 0 Å². The SMILES string of the molecule is CC1C(N)CCN1S(=O)(=O)c1ccc(F)c(F)c1F. The van der Waals surface area contributed by atoms with Crippen molar-refractivity contribution >= 4 is 10.0 Å². The Bertz CT molecular complexity index is 606. The third-order valence-electron chi connectivity index (χ3n) is 3.34. The predicted octanol–water partition coefficient (Wildman–Crippen LogP) is 1.21. The van der Waals surface area contributed by atoms with Gasteiger partial charge in [0.15, 0.2) is 17.5 Å². The lowest BCUT2D eigenvalue weighted by Gasteiger charge is -2.22. The summed E-state index contributed by atoms with van der Waals surface area (Å²) in [5, 5.41) is 0. The van der Waals surface area contributed by atoms with E-state index in [1.807, 2.05) is 0 Å². The summed E-state index contributed by atoms with van der Waals surface area (Å²) in [6.07, 6.45) is 0.436. The van der Waals surface area contributed by atoms with Crippen molar-refractivity contribution in [1.29, 1.82) is 0 Å². The zero-order chi connectivity index (χ0) is 14.4. The number of sulfonamides is 1. The molecule has 1 aromatic carbocycles. The van der Waals surface area contributed by atoms with E-state index in [-0.39, 0.29) is 12.6 Å². The highest BCUT2D eigenvalue weighted by Crippen LogP contribution is 2.28. The Labute approximate surface area is 109 Å². The molecule has 1 aliphatic rings. The molecule has 19 heavy (non-hydrogen) atoms. The number of benzene rings is 1. The Balaban J connectivity index is 2.49. The molecule has 2 N–H and O–H groups in total. The van der Waals surface area contributed by atoms with Crippen LogP contribution in [-0.2, 0) is 10.0 Å². The lowest BCUT2D eigenvalue weighted by atomic mass is 10.2. The largest absolute Gasteiger partial charge is 0.326 e. The molecule has 0 spiro atoms. The second-order valence-corrected chi connectivity index (χ2v) is 6.34. The van der Waals surface area contributed by atoms with Crippen LogP contribution in [0.25, 0.3) is 0 Å². The first-order valence-corrected chi connectivity index (χ1v) is 7.11. The molecular formula is C11H13F3N2O2S. The van der Waals surface area contributed by atoms with Crippen LogP contribution in [0.1, 0.15) is 13.3 Å². The summed E-state index contributed by atoms with van der Waals surface area (Å²) in [5.41, 5.74) is 5.70. The molecule has 1 heterocycles. The van der Waals surface area contributed by atoms with Crippen LogP contribution in [0, 0.1) is 17.5 Å². The van der Waals surface area contributed by atoms with Gasteiger partial charge in [-0.15, -0.1) is 0 Å². The summed E-state index contributed by atoms with van der Waals surface area (Å²) in [6.45, 7) is 1.72. The zero-order valence-electron chi connectivity index (χ0n) is 10.1. The van der Waals surface area contributed by atoms with Crippen LogP contribution in [0.2, 0.25) is 0 Å². The fraction of sp³-hybridized carbons (Fsp3) is 0.455. The number of nitrogens with zero attached hydrogens (tertiary/aromatic N) is 1. The second kappa shape index (κ2) is 4.77. The molecule has 8 heteroatoms. The molecule has 0 radical (unpaired) electrons. The van der Waals surface area contributed by atoms with Crippen molar-refractivity contribution in [3.8, 4) is 0 Å². The van der Waals surface area contributed by atoms with Gasteiger partial charge in [-0.3, -0.25) is 0 Å². The third-order valence-corrected chi connectivity index (χ3v) is 5.35. The number of rotatable bonds is 2. The standard InChI is InChI=1S/C11H13F3N2O2S/c1-6-8(15)4-5-16(6)19(17,18)9-3-2-7(12)10(13)11(9)14/h2-3,6,8H,4-5,15H2,1H3. The Kier molecular flexibility index (Phi) is 3.59. The summed E-state index contributed by atoms with van der Waals surface area (Å²) >= 11 is 0. The molecule has 1 aliphatic heterocycles. The molecule has 0 amide bonds. The quantitative estimate of drug-likeness (QED) is 0.834. The van der Waals surface area contributed by atoms with E-state index >= 15 is 0 Å². The molecule has 2 rings (SSSR count). The monoisotopic (exact) mass is 294 g/mol. The van der Waals surface area contributed by atoms with Gasteiger partial charge in [-0.05, 0) is 25.5 Å². The molecule has 4 nitrogen and oxygen atoms in total. The fourth-order valence-electron chi connectivity index (χ4n) is 2.11. The van der Waals surface area contributed by atoms with E-state index in [1.165, 1.54) is 0 Å². The molecule has 1 saturated heterocycles. The predicted molar refractivity (Wildman–Crippen MR) is 62.3 cm³/mol. The van der Waals surface area contributed by atoms with Crippen molar-refractivity contribution in [2.45, 2.75) is 30.3 Å². The van der Waals surface area contributed by atoms with Crippen LogP contribution < -0.4 is 5.73 Å². The van der Waals surface area contributed by atoms with Crippen molar-refractivity contribution in [1.82, 2.24) is 4.31 Å². The Morgan fingerprint density at radius 1 is 1.26 bits per heavy atom. The number of halogens is 3. The maximum atomic E-state index is 13.6. The fourth-order valence-corrected chi connectivity index (χ4v) is 3.86. The van der Waals surface area contributed by atoms with Crippen LogP contribution in [0.5, 0.6) is 0 Å². The minimum absolute atomic E-state index is 0.128. The van der Waals surface area contributed by atoms with E-state index in [1.54, 1.807) is 6.92 Å². The first-order valence-electron chi connectivity index (χ1n) is 5.67. The zero-order valence-corrected chi connectivity index (χ0v) is 10.9. The molecule has 1 aromatic rings. The van der Waals surface area contributed by atoms with Crippen LogP contribution in [0.3, 0.4) is 0 Å². The molecule has 0 aliphatic carbocycles. The van der Waals surface area contributed by atoms with Crippen LogP contribution in [0.15, 0.2) is 17.0 Å². The Morgan fingerprint density at radius 3 is 2.42 bits per heavy atom. The van der Waals surface area contributed by atoms with Gasteiger partial charge in [-0.1, -0.05) is 0 Å². The number of hydrogen-bond donors (Lipinski definition) is 1. The van der Waals surface area contributed by atoms with E-state index < -0.39 is 38.4 Å². The lowest BCUT2D eigenvalue weighted by molar-refractivity contribution is 0.384. The summed E-state index contributed by atoms with van der Waals surface area (Å²) in [5.74, 6) is -4.92. The molecule has 1 fully saturated rings. The van der Waals surface area contributed by atoms with Crippen molar-refractivity contribution in [2.24, 2.45) is 5.73 Å². The van der Waals surface area contributed by atoms with E-state index in [4.69, 9.17) is 5.73 Å². The molecule has 106 valence electrons. The van der Waals surface area contributed by atoms with E-state index in [2.05, 4.69) is 0 Å². The highest BCUT2D eigenvalue weighted by atomic mass is 32.2. The van der Waals surface area contributed by atoms with Gasteiger partial charge in [0, 0.05) is 18.6 Å². The van der Waals surface area contributed by atoms with Gasteiger partial charge < -0.3 is 5.73 Å². The second-order valence-electron chi connectivity index (χ2n) is 4.48. The average Bonchev–Trinajstić information content (AvgIpc) is 2.67. The van der Waals surface area contributed by atoms with Gasteiger partial charge in [0.1, 0.15) is 4.90 Å². The normalized spacial score (nSPS) is 24.9. The smallest absolute Gasteiger partial charge is 0.246 e. The Hall–Kier alpha value is -1.12. The van der Waals surface area contributed by atoms with Crippen molar-refractivity contribution in [2.75, 3.05) is 6.54 Å². The van der Waals surface area contributed by atoms with E-state index in [0.717, 1.165) is 10.4 Å². The highest BCUT2D eigenvalue weighted by molar-refractivity contribution is 7.89. The van der Waals surface area contributed by atoms with Crippen LogP contribution in [0.4, 0.5) is 13.2 Å². The number of hydrogen-bond acceptors (Lipinski definition) is 3. The maximum absolute atomic E-state index is 13.6. The summed E-state index contributed by atoms with van der Waals surface area (Å²) in [7, 11) is -4.22. The molecule has 0 bridgehead atoms. The summed E-state index contributed by atoms with van der Waals surface area (Å²) < 4.78 is 65.0. The summed E-state index contributed by atoms with van der Waals surface area (Å²) in [4.78, 5) is -0.868. The van der Waals surface area contributed by atoms with Crippen LogP contribution in [-0.4, -0.2) is 31.4 Å². The molecule has 0 aromatic heterocycles. The van der Waals surface area contributed by atoms with Gasteiger partial charge in [-0.2, -0.15) is 4.31 Å². The molecule has 2 unspecified atom stereocenters. The average molecular weight is 294 g/mol. The third kappa shape index (κ3) is 2.24. The van der Waals surface area contributed by atoms with Gasteiger partial charge in [-0.25, -0.2) is 21.6 Å². The van der Waals surface area contributed by atoms with E-state index in [9.17, 15) is 21.6 Å². The van der Waals surface area contributed by atoms with Crippen molar-refractivity contribution < 1.29 is 21.6 Å². The Morgan fingerprint density at radius 2 is 1.89 bits per heavy atom. The minimum atomic E-state index is -4.22. The topological polar surface area (TPSA) is 63.4 Å². The molecule has 0 saturated carbocycles. The molecular weight excluding hydrogens is 281 g/mol. The van der Waals surface area contributed by atoms with Crippen molar-refractivity contribution in [3.63, 3.8) is 0 Å². The molecule has 2 atom stereocenters. The maximum Gasteiger partial charge on any atom is 0.246 e. The first-order chi connectivity index (χ1) is 8.76. The minimum Gasteiger partial charge on any atom is -0.326 e. The van der Waals surface area contributed by atoms with Crippen molar-refractivity contribution in [3.05, 3.63) is 29.6 Å². The van der Waals surface area contributed by atoms with Gasteiger partial charge >= 0.3 is 0 Å². The van der Waals surface area contributed by atoms with Gasteiger partial charge in [0.2, 0.25) is 10.0 Å². The lowest BCUT2D eigenvalue weighted by Crippen LogP contribution is -2.40. The first kappa shape index (κ1) is 14.3. The van der Waals surface area contributed by atoms with Crippen LogP contribution >= 0.6 is 0 Å². The highest BCUT2D eigenvalue weighted by Gasteiger charge is 2.39.